The first-order valence-electron chi connectivity index (χ1n) is 8.02. The van der Waals surface area contributed by atoms with E-state index in [0.29, 0.717) is 11.0 Å². The molecule has 0 radical (unpaired) electrons. The highest BCUT2D eigenvalue weighted by Crippen LogP contribution is 2.47. The molecule has 2 bridgehead atoms. The Bertz CT molecular complexity index is 312. The molecule has 0 aromatic heterocycles. The second-order valence-electron chi connectivity index (χ2n) is 7.93. The van der Waals surface area contributed by atoms with Gasteiger partial charge in [-0.1, -0.05) is 20.3 Å². The number of hydrogen-bond acceptors (Lipinski definition) is 2. The van der Waals surface area contributed by atoms with Gasteiger partial charge < -0.3 is 5.73 Å². The summed E-state index contributed by atoms with van der Waals surface area (Å²) in [7, 11) is 0. The van der Waals surface area contributed by atoms with Crippen molar-refractivity contribution in [2.75, 3.05) is 13.1 Å². The summed E-state index contributed by atoms with van der Waals surface area (Å²) < 4.78 is 0. The molecule has 1 saturated heterocycles. The van der Waals surface area contributed by atoms with E-state index in [0.717, 1.165) is 18.5 Å². The number of fused-ring (bicyclic) bond motifs is 2. The average Bonchev–Trinajstić information content (AvgIpc) is 2.92. The molecule has 3 atom stereocenters. The predicted molar refractivity (Wildman–Crippen MR) is 76.5 cm³/mol. The topological polar surface area (TPSA) is 29.3 Å². The summed E-state index contributed by atoms with van der Waals surface area (Å²) in [4.78, 5) is 2.85. The van der Waals surface area contributed by atoms with Gasteiger partial charge in [0.15, 0.2) is 0 Å². The maximum Gasteiger partial charge on any atom is 0.0335 e. The van der Waals surface area contributed by atoms with E-state index in [2.05, 4.69) is 18.7 Å². The molecule has 104 valence electrons. The highest BCUT2D eigenvalue weighted by molar-refractivity contribution is 5.04. The summed E-state index contributed by atoms with van der Waals surface area (Å²) in [6.07, 6.45) is 11.2. The van der Waals surface area contributed by atoms with E-state index >= 15 is 0 Å². The minimum Gasteiger partial charge on any atom is -0.329 e. The standard InChI is InChI=1S/C16H30N2/c1-15(2)6-3-7-16(12-17,9-8-15)18-11-13-4-5-14(18)10-13/h13-14H,3-12,17H2,1-2H3. The number of nitrogens with two attached hydrogens (primary N) is 1. The smallest absolute Gasteiger partial charge is 0.0335 e. The van der Waals surface area contributed by atoms with E-state index in [1.54, 1.807) is 0 Å². The Balaban J connectivity index is 1.77. The first-order chi connectivity index (χ1) is 8.55. The molecule has 2 heteroatoms. The van der Waals surface area contributed by atoms with Crippen molar-refractivity contribution in [3.05, 3.63) is 0 Å². The zero-order chi connectivity index (χ0) is 12.8. The minimum absolute atomic E-state index is 0.355. The molecular formula is C16H30N2. The summed E-state index contributed by atoms with van der Waals surface area (Å²) in [5.74, 6) is 0.995. The lowest BCUT2D eigenvalue weighted by molar-refractivity contribution is 0.0451. The van der Waals surface area contributed by atoms with Gasteiger partial charge in [0.1, 0.15) is 0 Å². The van der Waals surface area contributed by atoms with Gasteiger partial charge in [-0.15, -0.1) is 0 Å². The fourth-order valence-corrected chi connectivity index (χ4v) is 4.83. The lowest BCUT2D eigenvalue weighted by Gasteiger charge is -2.46. The molecule has 3 unspecified atom stereocenters. The van der Waals surface area contributed by atoms with Crippen LogP contribution in [0.2, 0.25) is 0 Å². The number of likely N-dealkylation sites (tertiary alicyclic amines) is 1. The Kier molecular flexibility index (Phi) is 3.22. The number of hydrogen-bond donors (Lipinski definition) is 1. The van der Waals surface area contributed by atoms with Crippen molar-refractivity contribution in [2.24, 2.45) is 17.1 Å². The van der Waals surface area contributed by atoms with Gasteiger partial charge in [-0.3, -0.25) is 4.90 Å². The zero-order valence-corrected chi connectivity index (χ0v) is 12.3. The van der Waals surface area contributed by atoms with E-state index in [1.807, 2.05) is 0 Å². The maximum atomic E-state index is 6.27. The van der Waals surface area contributed by atoms with E-state index in [1.165, 1.54) is 57.9 Å². The molecule has 18 heavy (non-hydrogen) atoms. The third-order valence-corrected chi connectivity index (χ3v) is 6.16. The van der Waals surface area contributed by atoms with Gasteiger partial charge in [0.05, 0.1) is 0 Å². The molecule has 3 aliphatic rings. The Hall–Kier alpha value is -0.0800. The summed E-state index contributed by atoms with van der Waals surface area (Å²) >= 11 is 0. The maximum absolute atomic E-state index is 6.27. The third-order valence-electron chi connectivity index (χ3n) is 6.16. The SMILES string of the molecule is CC1(C)CCCC(CN)(N2CC3CCC2C3)CC1. The first-order valence-corrected chi connectivity index (χ1v) is 8.02. The fourth-order valence-electron chi connectivity index (χ4n) is 4.83. The fraction of sp³-hybridized carbons (Fsp3) is 1.00. The van der Waals surface area contributed by atoms with Crippen molar-refractivity contribution < 1.29 is 0 Å². The molecule has 3 fully saturated rings. The van der Waals surface area contributed by atoms with Gasteiger partial charge in [-0.05, 0) is 56.3 Å². The second kappa shape index (κ2) is 4.49. The van der Waals surface area contributed by atoms with Crippen molar-refractivity contribution in [1.29, 1.82) is 0 Å². The molecule has 0 amide bonds. The normalized spacial score (nSPS) is 44.2. The molecule has 2 saturated carbocycles. The van der Waals surface area contributed by atoms with Gasteiger partial charge in [-0.2, -0.15) is 0 Å². The summed E-state index contributed by atoms with van der Waals surface area (Å²) in [6.45, 7) is 7.11. The summed E-state index contributed by atoms with van der Waals surface area (Å²) in [5.41, 5.74) is 7.16. The van der Waals surface area contributed by atoms with Crippen molar-refractivity contribution in [3.8, 4) is 0 Å². The molecule has 2 nitrogen and oxygen atoms in total. The van der Waals surface area contributed by atoms with Gasteiger partial charge in [0.2, 0.25) is 0 Å². The van der Waals surface area contributed by atoms with Gasteiger partial charge in [0, 0.05) is 24.7 Å². The van der Waals surface area contributed by atoms with Crippen LogP contribution in [0, 0.1) is 11.3 Å². The highest BCUT2D eigenvalue weighted by atomic mass is 15.3. The van der Waals surface area contributed by atoms with E-state index in [4.69, 9.17) is 5.73 Å². The quantitative estimate of drug-likeness (QED) is 0.763. The molecule has 2 N–H and O–H groups in total. The Morgan fingerprint density at radius 1 is 1.11 bits per heavy atom. The molecule has 3 rings (SSSR count). The van der Waals surface area contributed by atoms with Crippen LogP contribution in [0.4, 0.5) is 0 Å². The number of rotatable bonds is 2. The van der Waals surface area contributed by atoms with Gasteiger partial charge >= 0.3 is 0 Å². The molecule has 0 spiro atoms. The van der Waals surface area contributed by atoms with Crippen molar-refractivity contribution >= 4 is 0 Å². The first kappa shape index (κ1) is 12.9. The predicted octanol–water partition coefficient (Wildman–Crippen LogP) is 3.16. The number of piperidine rings is 1. The van der Waals surface area contributed by atoms with Crippen molar-refractivity contribution in [1.82, 2.24) is 4.90 Å². The summed E-state index contributed by atoms with van der Waals surface area (Å²) in [6, 6.07) is 0.875. The lowest BCUT2D eigenvalue weighted by atomic mass is 9.82. The Morgan fingerprint density at radius 2 is 1.94 bits per heavy atom. The largest absolute Gasteiger partial charge is 0.329 e. The molecule has 1 aliphatic heterocycles. The molecular weight excluding hydrogens is 220 g/mol. The highest BCUT2D eigenvalue weighted by Gasteiger charge is 2.48. The van der Waals surface area contributed by atoms with Crippen LogP contribution in [-0.2, 0) is 0 Å². The van der Waals surface area contributed by atoms with Gasteiger partial charge in [0.25, 0.3) is 0 Å². The van der Waals surface area contributed by atoms with Crippen LogP contribution >= 0.6 is 0 Å². The monoisotopic (exact) mass is 250 g/mol. The van der Waals surface area contributed by atoms with Crippen LogP contribution in [-0.4, -0.2) is 29.6 Å². The van der Waals surface area contributed by atoms with Crippen molar-refractivity contribution in [2.45, 2.75) is 76.8 Å². The van der Waals surface area contributed by atoms with Gasteiger partial charge in [-0.25, -0.2) is 0 Å². The zero-order valence-electron chi connectivity index (χ0n) is 12.3. The van der Waals surface area contributed by atoms with Crippen LogP contribution in [0.15, 0.2) is 0 Å². The third kappa shape index (κ3) is 2.12. The average molecular weight is 250 g/mol. The van der Waals surface area contributed by atoms with E-state index in [-0.39, 0.29) is 0 Å². The van der Waals surface area contributed by atoms with E-state index < -0.39 is 0 Å². The molecule has 0 aromatic rings. The van der Waals surface area contributed by atoms with Crippen LogP contribution in [0.5, 0.6) is 0 Å². The molecule has 0 aromatic carbocycles. The summed E-state index contributed by atoms with van der Waals surface area (Å²) in [5, 5.41) is 0. The van der Waals surface area contributed by atoms with Crippen molar-refractivity contribution in [3.63, 3.8) is 0 Å². The molecule has 1 heterocycles. The Morgan fingerprint density at radius 3 is 2.56 bits per heavy atom. The minimum atomic E-state index is 0.355. The van der Waals surface area contributed by atoms with Crippen LogP contribution in [0.3, 0.4) is 0 Å². The van der Waals surface area contributed by atoms with Crippen LogP contribution in [0.25, 0.3) is 0 Å². The number of nitrogens with zero attached hydrogens (tertiary/aromatic N) is 1. The van der Waals surface area contributed by atoms with Crippen LogP contribution < -0.4 is 5.73 Å². The van der Waals surface area contributed by atoms with Crippen LogP contribution in [0.1, 0.15) is 65.2 Å². The lowest BCUT2D eigenvalue weighted by Crippen LogP contribution is -2.56. The Labute approximate surface area is 112 Å². The molecule has 2 aliphatic carbocycles. The second-order valence-corrected chi connectivity index (χ2v) is 7.93. The van der Waals surface area contributed by atoms with E-state index in [9.17, 15) is 0 Å².